The van der Waals surface area contributed by atoms with Crippen LogP contribution in [0.25, 0.3) is 0 Å². The number of ether oxygens (including phenoxy) is 3. The molecule has 1 N–H and O–H groups in total. The van der Waals surface area contributed by atoms with Gasteiger partial charge in [-0.3, -0.25) is 0 Å². The average Bonchev–Trinajstić information content (AvgIpc) is 2.91. The Morgan fingerprint density at radius 1 is 1.08 bits per heavy atom. The van der Waals surface area contributed by atoms with Crippen LogP contribution < -0.4 is 5.32 Å². The standard InChI is InChI=1S/C29H28N2O5/c1-3-30-25-22(14-16-31-26(25)28(32)36-19-21-8-6-5-7-9-21)12-10-20-11-13-24-23(18-20)15-17-35-27(24)29(33)34-4-2/h5-9,11,13-14,16,18,27,30H,3-4,15,17,19H2,1-2H3. The van der Waals surface area contributed by atoms with Crippen molar-refractivity contribution in [1.82, 2.24) is 4.98 Å². The average molecular weight is 485 g/mol. The minimum atomic E-state index is -0.708. The highest BCUT2D eigenvalue weighted by Gasteiger charge is 2.28. The summed E-state index contributed by atoms with van der Waals surface area (Å²) in [6.07, 6.45) is 1.54. The molecular formula is C29H28N2O5. The van der Waals surface area contributed by atoms with Crippen molar-refractivity contribution in [3.05, 3.63) is 94.3 Å². The summed E-state index contributed by atoms with van der Waals surface area (Å²) in [5.41, 5.74) is 4.90. The van der Waals surface area contributed by atoms with Gasteiger partial charge in [0.05, 0.1) is 24.5 Å². The molecule has 0 spiro atoms. The molecule has 1 unspecified atom stereocenters. The van der Waals surface area contributed by atoms with Crippen LogP contribution in [-0.2, 0) is 32.0 Å². The Bertz CT molecular complexity index is 1290. The minimum absolute atomic E-state index is 0.161. The summed E-state index contributed by atoms with van der Waals surface area (Å²) in [4.78, 5) is 29.3. The monoisotopic (exact) mass is 484 g/mol. The van der Waals surface area contributed by atoms with Crippen LogP contribution in [0.1, 0.15) is 58.3 Å². The highest BCUT2D eigenvalue weighted by atomic mass is 16.6. The van der Waals surface area contributed by atoms with Gasteiger partial charge in [0.2, 0.25) is 0 Å². The number of nitrogens with one attached hydrogen (secondary N) is 1. The van der Waals surface area contributed by atoms with Gasteiger partial charge in [0, 0.05) is 18.3 Å². The second kappa shape index (κ2) is 12.0. The van der Waals surface area contributed by atoms with Crippen molar-refractivity contribution >= 4 is 17.6 Å². The topological polar surface area (TPSA) is 86.8 Å². The fraction of sp³-hybridized carbons (Fsp3) is 0.276. The van der Waals surface area contributed by atoms with E-state index in [1.165, 1.54) is 0 Å². The molecule has 1 aliphatic rings. The fourth-order valence-corrected chi connectivity index (χ4v) is 3.95. The molecule has 0 aliphatic carbocycles. The van der Waals surface area contributed by atoms with Crippen LogP contribution in [0.3, 0.4) is 0 Å². The molecule has 7 nitrogen and oxygen atoms in total. The summed E-state index contributed by atoms with van der Waals surface area (Å²) in [5, 5.41) is 3.21. The third-order valence-electron chi connectivity index (χ3n) is 5.63. The Labute approximate surface area is 210 Å². The Balaban J connectivity index is 1.57. The smallest absolute Gasteiger partial charge is 0.359 e. The van der Waals surface area contributed by atoms with Gasteiger partial charge in [0.1, 0.15) is 6.61 Å². The highest BCUT2D eigenvalue weighted by molar-refractivity contribution is 5.95. The Morgan fingerprint density at radius 2 is 1.92 bits per heavy atom. The second-order valence-electron chi connectivity index (χ2n) is 8.09. The van der Waals surface area contributed by atoms with Gasteiger partial charge in [-0.2, -0.15) is 0 Å². The molecule has 0 bridgehead atoms. The van der Waals surface area contributed by atoms with Crippen LogP contribution in [0.5, 0.6) is 0 Å². The van der Waals surface area contributed by atoms with Gasteiger partial charge < -0.3 is 19.5 Å². The maximum atomic E-state index is 12.8. The quantitative estimate of drug-likeness (QED) is 0.392. The first-order valence-corrected chi connectivity index (χ1v) is 12.0. The van der Waals surface area contributed by atoms with Crippen LogP contribution in [0.4, 0.5) is 5.69 Å². The van der Waals surface area contributed by atoms with Crippen LogP contribution >= 0.6 is 0 Å². The van der Waals surface area contributed by atoms with Crippen LogP contribution in [0, 0.1) is 11.8 Å². The maximum Gasteiger partial charge on any atom is 0.359 e. The molecule has 0 radical (unpaired) electrons. The van der Waals surface area contributed by atoms with Crippen molar-refractivity contribution < 1.29 is 23.8 Å². The number of nitrogens with zero attached hydrogens (tertiary/aromatic N) is 1. The number of fused-ring (bicyclic) bond motifs is 1. The maximum absolute atomic E-state index is 12.8. The molecule has 0 amide bonds. The molecule has 0 fully saturated rings. The zero-order valence-electron chi connectivity index (χ0n) is 20.4. The van der Waals surface area contributed by atoms with Crippen molar-refractivity contribution in [3.63, 3.8) is 0 Å². The molecule has 2 aromatic carbocycles. The zero-order valence-corrected chi connectivity index (χ0v) is 20.4. The van der Waals surface area contributed by atoms with E-state index in [2.05, 4.69) is 22.1 Å². The van der Waals surface area contributed by atoms with Crippen LogP contribution in [0.2, 0.25) is 0 Å². The first kappa shape index (κ1) is 25.0. The van der Waals surface area contributed by atoms with E-state index < -0.39 is 12.1 Å². The van der Waals surface area contributed by atoms with Crippen molar-refractivity contribution in [1.29, 1.82) is 0 Å². The number of carbonyl (C=O) groups is 2. The first-order valence-electron chi connectivity index (χ1n) is 12.0. The van der Waals surface area contributed by atoms with Gasteiger partial charge in [-0.15, -0.1) is 0 Å². The number of pyridine rings is 1. The third kappa shape index (κ3) is 5.91. The minimum Gasteiger partial charge on any atom is -0.464 e. The number of esters is 2. The predicted octanol–water partition coefficient (Wildman–Crippen LogP) is 4.45. The van der Waals surface area contributed by atoms with Crippen LogP contribution in [0.15, 0.2) is 60.8 Å². The van der Waals surface area contributed by atoms with Gasteiger partial charge in [0.15, 0.2) is 11.8 Å². The highest BCUT2D eigenvalue weighted by Crippen LogP contribution is 2.29. The van der Waals surface area contributed by atoms with E-state index in [-0.39, 0.29) is 18.3 Å². The number of carbonyl (C=O) groups excluding carboxylic acids is 2. The lowest BCUT2D eigenvalue weighted by atomic mass is 9.95. The number of rotatable bonds is 7. The normalized spacial score (nSPS) is 14.1. The molecule has 4 rings (SSSR count). The van der Waals surface area contributed by atoms with Gasteiger partial charge in [0.25, 0.3) is 0 Å². The third-order valence-corrected chi connectivity index (χ3v) is 5.63. The first-order chi connectivity index (χ1) is 17.6. The molecule has 2 heterocycles. The number of benzene rings is 2. The molecule has 36 heavy (non-hydrogen) atoms. The Hall–Kier alpha value is -4.15. The van der Waals surface area contributed by atoms with E-state index in [9.17, 15) is 9.59 Å². The van der Waals surface area contributed by atoms with Crippen molar-refractivity contribution in [2.75, 3.05) is 25.1 Å². The predicted molar refractivity (Wildman–Crippen MR) is 135 cm³/mol. The lowest BCUT2D eigenvalue weighted by molar-refractivity contribution is -0.158. The Kier molecular flexibility index (Phi) is 8.32. The van der Waals surface area contributed by atoms with Crippen molar-refractivity contribution in [3.8, 4) is 11.8 Å². The van der Waals surface area contributed by atoms with E-state index in [4.69, 9.17) is 14.2 Å². The van der Waals surface area contributed by atoms with E-state index in [1.807, 2.05) is 55.5 Å². The van der Waals surface area contributed by atoms with Gasteiger partial charge in [-0.05, 0) is 55.2 Å². The number of hydrogen-bond donors (Lipinski definition) is 1. The lowest BCUT2D eigenvalue weighted by Crippen LogP contribution is -2.25. The summed E-state index contributed by atoms with van der Waals surface area (Å²) >= 11 is 0. The van der Waals surface area contributed by atoms with E-state index in [0.717, 1.165) is 22.3 Å². The molecule has 3 aromatic rings. The molecular weight excluding hydrogens is 456 g/mol. The summed E-state index contributed by atoms with van der Waals surface area (Å²) in [6, 6.07) is 17.0. The summed E-state index contributed by atoms with van der Waals surface area (Å²) in [6.45, 7) is 5.21. The number of hydrogen-bond acceptors (Lipinski definition) is 7. The van der Waals surface area contributed by atoms with Gasteiger partial charge >= 0.3 is 11.9 Å². The largest absolute Gasteiger partial charge is 0.464 e. The SMILES string of the molecule is CCNc1c(C#Cc2ccc3c(c2)CCOC3C(=O)OCC)ccnc1C(=O)OCc1ccccc1. The van der Waals surface area contributed by atoms with Gasteiger partial charge in [-0.25, -0.2) is 14.6 Å². The lowest BCUT2D eigenvalue weighted by Gasteiger charge is -2.24. The second-order valence-corrected chi connectivity index (χ2v) is 8.09. The van der Waals surface area contributed by atoms with Gasteiger partial charge in [-0.1, -0.05) is 48.2 Å². The molecule has 1 aliphatic heterocycles. The molecule has 7 heteroatoms. The molecule has 0 saturated heterocycles. The van der Waals surface area contributed by atoms with Crippen LogP contribution in [-0.4, -0.2) is 36.7 Å². The van der Waals surface area contributed by atoms with Crippen molar-refractivity contribution in [2.24, 2.45) is 0 Å². The molecule has 0 saturated carbocycles. The van der Waals surface area contributed by atoms with Crippen molar-refractivity contribution in [2.45, 2.75) is 33.0 Å². The van der Waals surface area contributed by atoms with E-state index >= 15 is 0 Å². The number of anilines is 1. The fourth-order valence-electron chi connectivity index (χ4n) is 3.95. The van der Waals surface area contributed by atoms with E-state index in [1.54, 1.807) is 19.2 Å². The Morgan fingerprint density at radius 3 is 2.69 bits per heavy atom. The molecule has 1 aromatic heterocycles. The number of aromatic nitrogens is 1. The summed E-state index contributed by atoms with van der Waals surface area (Å²) in [5.74, 6) is 5.44. The molecule has 184 valence electrons. The summed E-state index contributed by atoms with van der Waals surface area (Å²) in [7, 11) is 0. The summed E-state index contributed by atoms with van der Waals surface area (Å²) < 4.78 is 16.3. The zero-order chi connectivity index (χ0) is 25.3. The molecule has 1 atom stereocenters. The van der Waals surface area contributed by atoms with E-state index in [0.29, 0.717) is 37.4 Å².